The number of nitrogens with zero attached hydrogens (tertiary/aromatic N) is 4. The van der Waals surface area contributed by atoms with Crippen molar-refractivity contribution in [2.45, 2.75) is 0 Å². The van der Waals surface area contributed by atoms with Gasteiger partial charge in [0.25, 0.3) is 0 Å². The summed E-state index contributed by atoms with van der Waals surface area (Å²) in [4.78, 5) is 15.4. The standard InChI is InChI=1S/C63H38N4O2/c1-4-15-39(16-5-1)41-29-31-43(32-30-41)62-64-61(42-19-8-3-9-20-42)65-63(66-62)50-25-14-28-57-58(50)52-38-45(34-36-56(52)68-57)46-22-12-23-48-49-24-13-27-55(60(49)69-59(46)48)67-53-26-11-10-21-47(53)51-37-44(33-35-54(51)67)40-17-6-2-7-18-40/h1-38H. The van der Waals surface area contributed by atoms with Crippen molar-refractivity contribution in [1.29, 1.82) is 0 Å². The van der Waals surface area contributed by atoms with Crippen LogP contribution in [0, 0.1) is 0 Å². The largest absolute Gasteiger partial charge is 0.456 e. The van der Waals surface area contributed by atoms with E-state index < -0.39 is 0 Å². The molecule has 0 spiro atoms. The van der Waals surface area contributed by atoms with Crippen LogP contribution in [0.3, 0.4) is 0 Å². The summed E-state index contributed by atoms with van der Waals surface area (Å²) in [6, 6.07) is 80.3. The molecule has 6 heteroatoms. The van der Waals surface area contributed by atoms with Gasteiger partial charge < -0.3 is 13.4 Å². The van der Waals surface area contributed by atoms with Crippen LogP contribution >= 0.6 is 0 Å². The highest BCUT2D eigenvalue weighted by Gasteiger charge is 2.22. The highest BCUT2D eigenvalue weighted by atomic mass is 16.3. The van der Waals surface area contributed by atoms with E-state index in [1.165, 1.54) is 21.9 Å². The Morgan fingerprint density at radius 2 is 0.812 bits per heavy atom. The van der Waals surface area contributed by atoms with Gasteiger partial charge in [0.2, 0.25) is 0 Å². The first-order chi connectivity index (χ1) is 34.2. The number of para-hydroxylation sites is 3. The Morgan fingerprint density at radius 3 is 1.58 bits per heavy atom. The highest BCUT2D eigenvalue weighted by Crippen LogP contribution is 2.44. The SMILES string of the molecule is c1ccc(-c2ccc(-c3nc(-c4ccccc4)nc(-c4cccc5oc6ccc(-c7cccc8c7oc7c(-n9c%10ccccc%10c%10cc(-c%11ccccc%11)ccc%109)cccc78)cc6c45)n3)cc2)cc1. The van der Waals surface area contributed by atoms with E-state index in [1.54, 1.807) is 0 Å². The molecule has 0 saturated carbocycles. The van der Waals surface area contributed by atoms with E-state index in [0.717, 1.165) is 99.5 Å². The molecule has 4 aromatic heterocycles. The molecule has 0 N–H and O–H groups in total. The lowest BCUT2D eigenvalue weighted by molar-refractivity contribution is 0.667. The number of fused-ring (bicyclic) bond motifs is 9. The van der Waals surface area contributed by atoms with Gasteiger partial charge in [-0.15, -0.1) is 0 Å². The van der Waals surface area contributed by atoms with Crippen LogP contribution in [-0.2, 0) is 0 Å². The molecule has 4 heterocycles. The average molecular weight is 883 g/mol. The van der Waals surface area contributed by atoms with Crippen molar-refractivity contribution in [3.05, 3.63) is 231 Å². The summed E-state index contributed by atoms with van der Waals surface area (Å²) in [5.41, 5.74) is 15.8. The third kappa shape index (κ3) is 6.38. The molecule has 14 rings (SSSR count). The Kier molecular flexibility index (Phi) is 8.79. The van der Waals surface area contributed by atoms with E-state index in [4.69, 9.17) is 23.8 Å². The Labute approximate surface area is 396 Å². The maximum Gasteiger partial charge on any atom is 0.164 e. The molecule has 0 aliphatic rings. The van der Waals surface area contributed by atoms with Crippen molar-refractivity contribution in [3.63, 3.8) is 0 Å². The lowest BCUT2D eigenvalue weighted by atomic mass is 9.99. The van der Waals surface area contributed by atoms with Crippen LogP contribution in [-0.4, -0.2) is 19.5 Å². The first-order valence-corrected chi connectivity index (χ1v) is 23.2. The fourth-order valence-electron chi connectivity index (χ4n) is 10.2. The van der Waals surface area contributed by atoms with Crippen molar-refractivity contribution < 1.29 is 8.83 Å². The van der Waals surface area contributed by atoms with Crippen LogP contribution in [0.1, 0.15) is 0 Å². The molecule has 0 radical (unpaired) electrons. The molecular weight excluding hydrogens is 845 g/mol. The number of hydrogen-bond acceptors (Lipinski definition) is 5. The summed E-state index contributed by atoms with van der Waals surface area (Å²) in [5, 5.41) is 6.40. The molecule has 0 aliphatic heterocycles. The predicted octanol–water partition coefficient (Wildman–Crippen LogP) is 16.8. The first kappa shape index (κ1) is 38.8. The van der Waals surface area contributed by atoms with Gasteiger partial charge in [0.15, 0.2) is 23.1 Å². The number of rotatable bonds is 7. The zero-order chi connectivity index (χ0) is 45.4. The van der Waals surface area contributed by atoms with Gasteiger partial charge in [-0.3, -0.25) is 0 Å². The topological polar surface area (TPSA) is 69.9 Å². The molecule has 10 aromatic carbocycles. The summed E-state index contributed by atoms with van der Waals surface area (Å²) >= 11 is 0. The summed E-state index contributed by atoms with van der Waals surface area (Å²) in [6.07, 6.45) is 0. The third-order valence-electron chi connectivity index (χ3n) is 13.5. The number of benzene rings is 10. The lowest BCUT2D eigenvalue weighted by Gasteiger charge is -2.10. The molecule has 0 amide bonds. The molecule has 322 valence electrons. The van der Waals surface area contributed by atoms with Gasteiger partial charge in [0.1, 0.15) is 16.7 Å². The van der Waals surface area contributed by atoms with Crippen LogP contribution < -0.4 is 0 Å². The Hall–Kier alpha value is -9.39. The third-order valence-corrected chi connectivity index (χ3v) is 13.5. The minimum Gasteiger partial charge on any atom is -0.456 e. The number of hydrogen-bond donors (Lipinski definition) is 0. The van der Waals surface area contributed by atoms with Crippen LogP contribution in [0.25, 0.3) is 139 Å². The normalized spacial score (nSPS) is 11.8. The average Bonchev–Trinajstić information content (AvgIpc) is 4.11. The smallest absolute Gasteiger partial charge is 0.164 e. The molecule has 0 aliphatic carbocycles. The molecule has 14 aromatic rings. The molecule has 69 heavy (non-hydrogen) atoms. The van der Waals surface area contributed by atoms with E-state index in [9.17, 15) is 0 Å². The zero-order valence-electron chi connectivity index (χ0n) is 37.0. The quantitative estimate of drug-likeness (QED) is 0.159. The minimum absolute atomic E-state index is 0.568. The number of furan rings is 2. The molecular formula is C63H38N4O2. The molecule has 0 saturated heterocycles. The van der Waals surface area contributed by atoms with Crippen LogP contribution in [0.4, 0.5) is 0 Å². The van der Waals surface area contributed by atoms with Gasteiger partial charge in [0.05, 0.1) is 16.7 Å². The summed E-state index contributed by atoms with van der Waals surface area (Å²) < 4.78 is 16.1. The second kappa shape index (κ2) is 15.6. The van der Waals surface area contributed by atoms with Crippen molar-refractivity contribution >= 4 is 65.7 Å². The molecule has 0 unspecified atom stereocenters. The predicted molar refractivity (Wildman–Crippen MR) is 281 cm³/mol. The second-order valence-electron chi connectivity index (χ2n) is 17.5. The van der Waals surface area contributed by atoms with Crippen molar-refractivity contribution in [1.82, 2.24) is 19.5 Å². The Morgan fingerprint density at radius 1 is 0.290 bits per heavy atom. The zero-order valence-corrected chi connectivity index (χ0v) is 37.0. The van der Waals surface area contributed by atoms with Crippen LogP contribution in [0.15, 0.2) is 239 Å². The fourth-order valence-corrected chi connectivity index (χ4v) is 10.2. The Balaban J connectivity index is 0.917. The lowest BCUT2D eigenvalue weighted by Crippen LogP contribution is -2.00. The Bertz CT molecular complexity index is 4290. The summed E-state index contributed by atoms with van der Waals surface area (Å²) in [7, 11) is 0. The maximum absolute atomic E-state index is 7.13. The van der Waals surface area contributed by atoms with Crippen LogP contribution in [0.5, 0.6) is 0 Å². The van der Waals surface area contributed by atoms with Gasteiger partial charge in [-0.1, -0.05) is 188 Å². The molecule has 6 nitrogen and oxygen atoms in total. The summed E-state index contributed by atoms with van der Waals surface area (Å²) in [6.45, 7) is 0. The monoisotopic (exact) mass is 882 g/mol. The highest BCUT2D eigenvalue weighted by molar-refractivity contribution is 6.17. The first-order valence-electron chi connectivity index (χ1n) is 23.2. The van der Waals surface area contributed by atoms with Crippen molar-refractivity contribution in [3.8, 4) is 73.2 Å². The number of aromatic nitrogens is 4. The van der Waals surface area contributed by atoms with E-state index in [-0.39, 0.29) is 0 Å². The van der Waals surface area contributed by atoms with Crippen LogP contribution in [0.2, 0.25) is 0 Å². The van der Waals surface area contributed by atoms with Gasteiger partial charge >= 0.3 is 0 Å². The van der Waals surface area contributed by atoms with Gasteiger partial charge in [-0.05, 0) is 70.3 Å². The second-order valence-corrected chi connectivity index (χ2v) is 17.5. The van der Waals surface area contributed by atoms with Gasteiger partial charge in [-0.2, -0.15) is 0 Å². The van der Waals surface area contributed by atoms with Gasteiger partial charge in [-0.25, -0.2) is 15.0 Å². The van der Waals surface area contributed by atoms with Crippen molar-refractivity contribution in [2.75, 3.05) is 0 Å². The van der Waals surface area contributed by atoms with E-state index in [1.807, 2.05) is 48.5 Å². The minimum atomic E-state index is 0.568. The molecule has 0 fully saturated rings. The van der Waals surface area contributed by atoms with E-state index >= 15 is 0 Å². The fraction of sp³-hybridized carbons (Fsp3) is 0. The molecule has 0 atom stereocenters. The summed E-state index contributed by atoms with van der Waals surface area (Å²) in [5.74, 6) is 1.76. The van der Waals surface area contributed by atoms with Crippen molar-refractivity contribution in [2.24, 2.45) is 0 Å². The van der Waals surface area contributed by atoms with E-state index in [0.29, 0.717) is 17.5 Å². The van der Waals surface area contributed by atoms with Gasteiger partial charge in [0, 0.05) is 54.6 Å². The maximum atomic E-state index is 7.13. The van der Waals surface area contributed by atoms with E-state index in [2.05, 4.69) is 187 Å². The molecule has 0 bridgehead atoms.